The summed E-state index contributed by atoms with van der Waals surface area (Å²) in [6.45, 7) is 0.262. The lowest BCUT2D eigenvalue weighted by molar-refractivity contribution is 1.04. The van der Waals surface area contributed by atoms with E-state index in [-0.39, 0.29) is 12.0 Å². The fourth-order valence-electron chi connectivity index (χ4n) is 1.41. The van der Waals surface area contributed by atoms with Crippen LogP contribution in [0.2, 0.25) is 0 Å². The number of benzene rings is 1. The van der Waals surface area contributed by atoms with Gasteiger partial charge in [-0.15, -0.1) is 0 Å². The Kier molecular flexibility index (Phi) is 2.39. The third-order valence-corrected chi connectivity index (χ3v) is 2.82. The standard InChI is InChI=1S/C10H9BrN2O/c11-8-3-1-2-7-9(8)13-5-6(4-12)10(7)14/h1-3,5H,4,12H2,(H,13,14). The molecule has 0 saturated carbocycles. The molecular weight excluding hydrogens is 244 g/mol. The lowest BCUT2D eigenvalue weighted by Gasteiger charge is -2.02. The first-order valence-corrected chi connectivity index (χ1v) is 5.02. The first-order valence-electron chi connectivity index (χ1n) is 4.23. The molecule has 0 aliphatic rings. The van der Waals surface area contributed by atoms with Gasteiger partial charge >= 0.3 is 0 Å². The highest BCUT2D eigenvalue weighted by Gasteiger charge is 2.04. The van der Waals surface area contributed by atoms with Crippen molar-refractivity contribution in [3.8, 4) is 0 Å². The monoisotopic (exact) mass is 252 g/mol. The average Bonchev–Trinajstić information content (AvgIpc) is 2.20. The lowest BCUT2D eigenvalue weighted by Crippen LogP contribution is -2.13. The highest BCUT2D eigenvalue weighted by molar-refractivity contribution is 9.10. The Balaban J connectivity index is 2.91. The summed E-state index contributed by atoms with van der Waals surface area (Å²) in [5, 5.41) is 0.669. The Labute approximate surface area is 89.1 Å². The SMILES string of the molecule is NCc1c[nH]c2c(Br)cccc2c1=O. The van der Waals surface area contributed by atoms with Gasteiger partial charge in [-0.3, -0.25) is 4.79 Å². The average molecular weight is 253 g/mol. The van der Waals surface area contributed by atoms with Gasteiger partial charge in [-0.05, 0) is 28.1 Å². The Morgan fingerprint density at radius 2 is 2.21 bits per heavy atom. The fourth-order valence-corrected chi connectivity index (χ4v) is 1.89. The molecule has 1 aromatic heterocycles. The second-order valence-electron chi connectivity index (χ2n) is 3.01. The first kappa shape index (κ1) is 9.43. The van der Waals surface area contributed by atoms with Gasteiger partial charge in [0.25, 0.3) is 0 Å². The van der Waals surface area contributed by atoms with Crippen molar-refractivity contribution in [3.05, 3.63) is 44.7 Å². The summed E-state index contributed by atoms with van der Waals surface area (Å²) in [6, 6.07) is 5.51. The summed E-state index contributed by atoms with van der Waals surface area (Å²) < 4.78 is 0.885. The molecule has 0 unspecified atom stereocenters. The van der Waals surface area contributed by atoms with E-state index in [1.165, 1.54) is 0 Å². The fraction of sp³-hybridized carbons (Fsp3) is 0.100. The van der Waals surface area contributed by atoms with Gasteiger partial charge in [-0.2, -0.15) is 0 Å². The highest BCUT2D eigenvalue weighted by Crippen LogP contribution is 2.19. The molecule has 2 aromatic rings. The predicted molar refractivity (Wildman–Crippen MR) is 60.2 cm³/mol. The van der Waals surface area contributed by atoms with E-state index in [1.807, 2.05) is 12.1 Å². The molecular formula is C10H9BrN2O. The van der Waals surface area contributed by atoms with Crippen molar-refractivity contribution < 1.29 is 0 Å². The van der Waals surface area contributed by atoms with Crippen molar-refractivity contribution in [1.82, 2.24) is 4.98 Å². The van der Waals surface area contributed by atoms with Gasteiger partial charge in [-0.25, -0.2) is 0 Å². The predicted octanol–water partition coefficient (Wildman–Crippen LogP) is 1.75. The maximum Gasteiger partial charge on any atom is 0.193 e. The number of pyridine rings is 1. The van der Waals surface area contributed by atoms with Crippen molar-refractivity contribution >= 4 is 26.8 Å². The van der Waals surface area contributed by atoms with Crippen LogP contribution < -0.4 is 11.2 Å². The third kappa shape index (κ3) is 1.36. The quantitative estimate of drug-likeness (QED) is 0.813. The Morgan fingerprint density at radius 3 is 2.93 bits per heavy atom. The number of para-hydroxylation sites is 1. The van der Waals surface area contributed by atoms with Crippen LogP contribution in [0.15, 0.2) is 33.7 Å². The molecule has 0 bridgehead atoms. The topological polar surface area (TPSA) is 58.9 Å². The van der Waals surface area contributed by atoms with Gasteiger partial charge in [-0.1, -0.05) is 6.07 Å². The Morgan fingerprint density at radius 1 is 1.43 bits per heavy atom. The minimum Gasteiger partial charge on any atom is -0.360 e. The van der Waals surface area contributed by atoms with Crippen LogP contribution in [0.5, 0.6) is 0 Å². The summed E-state index contributed by atoms with van der Waals surface area (Å²) in [6.07, 6.45) is 1.66. The van der Waals surface area contributed by atoms with Gasteiger partial charge in [0, 0.05) is 28.2 Å². The molecule has 0 amide bonds. The molecule has 72 valence electrons. The number of halogens is 1. The van der Waals surface area contributed by atoms with Gasteiger partial charge in [0.15, 0.2) is 5.43 Å². The van der Waals surface area contributed by atoms with Crippen LogP contribution in [-0.2, 0) is 6.54 Å². The number of aromatic amines is 1. The van der Waals surface area contributed by atoms with E-state index in [1.54, 1.807) is 12.3 Å². The molecule has 0 aliphatic carbocycles. The Hall–Kier alpha value is -1.13. The van der Waals surface area contributed by atoms with Gasteiger partial charge < -0.3 is 10.7 Å². The molecule has 3 nitrogen and oxygen atoms in total. The zero-order valence-corrected chi connectivity index (χ0v) is 8.97. The molecule has 14 heavy (non-hydrogen) atoms. The molecule has 0 radical (unpaired) electrons. The minimum absolute atomic E-state index is 0.00236. The number of nitrogens with one attached hydrogen (secondary N) is 1. The van der Waals surface area contributed by atoms with Gasteiger partial charge in [0.1, 0.15) is 0 Å². The summed E-state index contributed by atoms with van der Waals surface area (Å²) >= 11 is 3.38. The van der Waals surface area contributed by atoms with E-state index < -0.39 is 0 Å². The van der Waals surface area contributed by atoms with Crippen molar-refractivity contribution in [3.63, 3.8) is 0 Å². The number of nitrogens with two attached hydrogens (primary N) is 1. The summed E-state index contributed by atoms with van der Waals surface area (Å²) in [5.74, 6) is 0. The summed E-state index contributed by atoms with van der Waals surface area (Å²) in [5.41, 5.74) is 6.87. The third-order valence-electron chi connectivity index (χ3n) is 2.16. The second-order valence-corrected chi connectivity index (χ2v) is 3.86. The minimum atomic E-state index is 0.00236. The molecule has 1 heterocycles. The maximum atomic E-state index is 11.8. The first-order chi connectivity index (χ1) is 6.74. The number of rotatable bonds is 1. The van der Waals surface area contributed by atoms with Crippen LogP contribution in [-0.4, -0.2) is 4.98 Å². The summed E-state index contributed by atoms with van der Waals surface area (Å²) in [4.78, 5) is 14.8. The molecule has 2 rings (SSSR count). The van der Waals surface area contributed by atoms with E-state index in [9.17, 15) is 4.79 Å². The van der Waals surface area contributed by atoms with Crippen LogP contribution in [0.25, 0.3) is 10.9 Å². The molecule has 4 heteroatoms. The van der Waals surface area contributed by atoms with Crippen LogP contribution in [0.3, 0.4) is 0 Å². The second kappa shape index (κ2) is 3.55. The van der Waals surface area contributed by atoms with Crippen LogP contribution in [0.4, 0.5) is 0 Å². The number of hydrogen-bond donors (Lipinski definition) is 2. The Bertz CT molecular complexity index is 533. The molecule has 0 atom stereocenters. The molecule has 0 fully saturated rings. The van der Waals surface area contributed by atoms with E-state index in [0.29, 0.717) is 10.9 Å². The molecule has 1 aromatic carbocycles. The van der Waals surface area contributed by atoms with E-state index in [2.05, 4.69) is 20.9 Å². The van der Waals surface area contributed by atoms with E-state index in [4.69, 9.17) is 5.73 Å². The smallest absolute Gasteiger partial charge is 0.193 e. The largest absolute Gasteiger partial charge is 0.360 e. The number of hydrogen-bond acceptors (Lipinski definition) is 2. The zero-order chi connectivity index (χ0) is 10.1. The normalized spacial score (nSPS) is 10.7. The zero-order valence-electron chi connectivity index (χ0n) is 7.38. The number of H-pyrrole nitrogens is 1. The molecule has 0 spiro atoms. The van der Waals surface area contributed by atoms with Crippen molar-refractivity contribution in [2.24, 2.45) is 5.73 Å². The maximum absolute atomic E-state index is 11.8. The van der Waals surface area contributed by atoms with Crippen molar-refractivity contribution in [1.29, 1.82) is 0 Å². The molecule has 0 aliphatic heterocycles. The highest BCUT2D eigenvalue weighted by atomic mass is 79.9. The summed E-state index contributed by atoms with van der Waals surface area (Å²) in [7, 11) is 0. The van der Waals surface area contributed by atoms with Gasteiger partial charge in [0.05, 0.1) is 5.52 Å². The van der Waals surface area contributed by atoms with Crippen LogP contribution in [0, 0.1) is 0 Å². The van der Waals surface area contributed by atoms with Crippen molar-refractivity contribution in [2.75, 3.05) is 0 Å². The number of aromatic nitrogens is 1. The van der Waals surface area contributed by atoms with Crippen LogP contribution in [0.1, 0.15) is 5.56 Å². The molecule has 3 N–H and O–H groups in total. The van der Waals surface area contributed by atoms with E-state index in [0.717, 1.165) is 9.99 Å². The number of fused-ring (bicyclic) bond motifs is 1. The van der Waals surface area contributed by atoms with E-state index >= 15 is 0 Å². The van der Waals surface area contributed by atoms with Crippen molar-refractivity contribution in [2.45, 2.75) is 6.54 Å². The van der Waals surface area contributed by atoms with Gasteiger partial charge in [0.2, 0.25) is 0 Å². The van der Waals surface area contributed by atoms with Crippen LogP contribution >= 0.6 is 15.9 Å². The molecule has 0 saturated heterocycles. The lowest BCUT2D eigenvalue weighted by atomic mass is 10.1.